The van der Waals surface area contributed by atoms with E-state index in [1.54, 1.807) is 0 Å². The molecule has 0 N–H and O–H groups in total. The van der Waals surface area contributed by atoms with Gasteiger partial charge in [-0.1, -0.05) is 23.6 Å². The number of hydrogen-bond donors (Lipinski definition) is 0. The summed E-state index contributed by atoms with van der Waals surface area (Å²) in [5.41, 5.74) is 2.44. The minimum Gasteiger partial charge on any atom is -0.360 e. The van der Waals surface area contributed by atoms with Crippen molar-refractivity contribution in [1.29, 1.82) is 0 Å². The van der Waals surface area contributed by atoms with Gasteiger partial charge in [-0.05, 0) is 24.1 Å². The van der Waals surface area contributed by atoms with Crippen LogP contribution in [0.25, 0.3) is 0 Å². The quantitative estimate of drug-likeness (QED) is 0.616. The van der Waals surface area contributed by atoms with Gasteiger partial charge in [-0.25, -0.2) is 0 Å². The van der Waals surface area contributed by atoms with E-state index in [1.165, 1.54) is 11.3 Å². The summed E-state index contributed by atoms with van der Waals surface area (Å²) in [4.78, 5) is 2.18. The molecule has 1 aromatic carbocycles. The Labute approximate surface area is 83.3 Å². The zero-order valence-corrected chi connectivity index (χ0v) is 8.01. The van der Waals surface area contributed by atoms with Gasteiger partial charge in [0.15, 0.2) is 0 Å². The highest BCUT2D eigenvalue weighted by molar-refractivity contribution is 6.31. The van der Waals surface area contributed by atoms with Crippen molar-refractivity contribution in [2.75, 3.05) is 18.0 Å². The number of anilines is 1. The summed E-state index contributed by atoms with van der Waals surface area (Å²) in [7, 11) is 0. The number of halogens is 1. The summed E-state index contributed by atoms with van der Waals surface area (Å²) in [6.45, 7) is 1.66. The van der Waals surface area contributed by atoms with Gasteiger partial charge in [-0.15, -0.1) is 6.42 Å². The number of hydrogen-bond acceptors (Lipinski definition) is 1. The molecule has 0 aliphatic carbocycles. The van der Waals surface area contributed by atoms with Crippen molar-refractivity contribution in [1.82, 2.24) is 0 Å². The molecule has 0 radical (unpaired) electrons. The van der Waals surface area contributed by atoms with E-state index in [9.17, 15) is 0 Å². The maximum absolute atomic E-state index is 6.06. The molecule has 0 aromatic heterocycles. The van der Waals surface area contributed by atoms with Gasteiger partial charge in [0, 0.05) is 17.3 Å². The maximum Gasteiger partial charge on any atom is 0.0791 e. The number of benzene rings is 1. The predicted molar refractivity (Wildman–Crippen MR) is 56.2 cm³/mol. The van der Waals surface area contributed by atoms with Crippen LogP contribution in [0.1, 0.15) is 5.56 Å². The Morgan fingerprint density at radius 2 is 2.38 bits per heavy atom. The third kappa shape index (κ3) is 1.38. The molecule has 1 aromatic rings. The Bertz CT molecular complexity index is 365. The van der Waals surface area contributed by atoms with E-state index in [-0.39, 0.29) is 0 Å². The van der Waals surface area contributed by atoms with E-state index < -0.39 is 0 Å². The topological polar surface area (TPSA) is 3.24 Å². The first-order chi connectivity index (χ1) is 6.33. The molecule has 0 saturated heterocycles. The second kappa shape index (κ2) is 3.32. The van der Waals surface area contributed by atoms with Crippen LogP contribution in [0.2, 0.25) is 5.02 Å². The zero-order valence-electron chi connectivity index (χ0n) is 7.26. The van der Waals surface area contributed by atoms with E-state index in [2.05, 4.69) is 16.9 Å². The second-order valence-corrected chi connectivity index (χ2v) is 3.52. The van der Waals surface area contributed by atoms with Gasteiger partial charge in [0.2, 0.25) is 0 Å². The van der Waals surface area contributed by atoms with Crippen LogP contribution in [0.15, 0.2) is 18.2 Å². The number of terminal acetylenes is 1. The largest absolute Gasteiger partial charge is 0.360 e. The monoisotopic (exact) mass is 191 g/mol. The minimum absolute atomic E-state index is 0.674. The highest BCUT2D eigenvalue weighted by atomic mass is 35.5. The van der Waals surface area contributed by atoms with Crippen molar-refractivity contribution in [3.8, 4) is 12.3 Å². The summed E-state index contributed by atoms with van der Waals surface area (Å²) in [5, 5.41) is 0.858. The van der Waals surface area contributed by atoms with Crippen molar-refractivity contribution in [3.05, 3.63) is 28.8 Å². The summed E-state index contributed by atoms with van der Waals surface area (Å²) in [6.07, 6.45) is 6.29. The van der Waals surface area contributed by atoms with E-state index in [0.29, 0.717) is 6.54 Å². The molecule has 0 bridgehead atoms. The van der Waals surface area contributed by atoms with Crippen LogP contribution in [-0.4, -0.2) is 13.1 Å². The first-order valence-electron chi connectivity index (χ1n) is 4.28. The molecule has 1 heterocycles. The lowest BCUT2D eigenvalue weighted by atomic mass is 10.2. The predicted octanol–water partition coefficient (Wildman–Crippen LogP) is 2.34. The highest BCUT2D eigenvalue weighted by Crippen LogP contribution is 2.32. The fraction of sp³-hybridized carbons (Fsp3) is 0.273. The number of nitrogens with zero attached hydrogens (tertiary/aromatic N) is 1. The molecule has 0 amide bonds. The van der Waals surface area contributed by atoms with Gasteiger partial charge in [-0.2, -0.15) is 0 Å². The average molecular weight is 192 g/mol. The summed E-state index contributed by atoms with van der Waals surface area (Å²) >= 11 is 6.06. The van der Waals surface area contributed by atoms with Gasteiger partial charge in [0.25, 0.3) is 0 Å². The number of fused-ring (bicyclic) bond motifs is 1. The first-order valence-corrected chi connectivity index (χ1v) is 4.66. The number of rotatable bonds is 1. The van der Waals surface area contributed by atoms with Crippen LogP contribution < -0.4 is 4.90 Å². The molecule has 0 spiro atoms. The molecule has 2 heteroatoms. The van der Waals surface area contributed by atoms with E-state index in [0.717, 1.165) is 18.0 Å². The Hall–Kier alpha value is -1.13. The van der Waals surface area contributed by atoms with E-state index in [1.807, 2.05) is 12.1 Å². The molecular formula is C11H10ClN. The fourth-order valence-electron chi connectivity index (χ4n) is 1.73. The molecule has 66 valence electrons. The van der Waals surface area contributed by atoms with Crippen LogP contribution in [-0.2, 0) is 6.42 Å². The maximum atomic E-state index is 6.06. The van der Waals surface area contributed by atoms with Crippen LogP contribution in [0.4, 0.5) is 5.69 Å². The highest BCUT2D eigenvalue weighted by Gasteiger charge is 2.19. The van der Waals surface area contributed by atoms with Gasteiger partial charge in [0.1, 0.15) is 0 Å². The SMILES string of the molecule is C#CCN1CCc2c(Cl)cccc21. The summed E-state index contributed by atoms with van der Waals surface area (Å²) in [5.74, 6) is 2.65. The molecule has 0 unspecified atom stereocenters. The van der Waals surface area contributed by atoms with Gasteiger partial charge in [-0.3, -0.25) is 0 Å². The lowest BCUT2D eigenvalue weighted by molar-refractivity contribution is 0.915. The van der Waals surface area contributed by atoms with Gasteiger partial charge in [0.05, 0.1) is 6.54 Å². The lowest BCUT2D eigenvalue weighted by Crippen LogP contribution is -2.20. The van der Waals surface area contributed by atoms with Crippen molar-refractivity contribution in [2.24, 2.45) is 0 Å². The smallest absolute Gasteiger partial charge is 0.0791 e. The Morgan fingerprint density at radius 3 is 3.15 bits per heavy atom. The molecule has 2 rings (SSSR count). The third-order valence-corrected chi connectivity index (χ3v) is 2.70. The zero-order chi connectivity index (χ0) is 9.26. The Kier molecular flexibility index (Phi) is 2.16. The molecule has 0 atom stereocenters. The molecule has 1 aliphatic heterocycles. The molecule has 13 heavy (non-hydrogen) atoms. The van der Waals surface area contributed by atoms with Crippen molar-refractivity contribution < 1.29 is 0 Å². The first kappa shape index (κ1) is 8.47. The van der Waals surface area contributed by atoms with Crippen LogP contribution >= 0.6 is 11.6 Å². The molecular weight excluding hydrogens is 182 g/mol. The standard InChI is InChI=1S/C11H10ClN/c1-2-7-13-8-6-9-10(12)4-3-5-11(9)13/h1,3-5H,6-8H2. The molecule has 0 saturated carbocycles. The van der Waals surface area contributed by atoms with E-state index in [4.69, 9.17) is 18.0 Å². The summed E-state index contributed by atoms with van der Waals surface area (Å²) < 4.78 is 0. The average Bonchev–Trinajstić information content (AvgIpc) is 2.51. The van der Waals surface area contributed by atoms with Crippen molar-refractivity contribution in [2.45, 2.75) is 6.42 Å². The van der Waals surface area contributed by atoms with Crippen molar-refractivity contribution >= 4 is 17.3 Å². The van der Waals surface area contributed by atoms with Gasteiger partial charge >= 0.3 is 0 Å². The Balaban J connectivity index is 2.39. The van der Waals surface area contributed by atoms with Crippen LogP contribution in [0.5, 0.6) is 0 Å². The Morgan fingerprint density at radius 1 is 1.54 bits per heavy atom. The lowest BCUT2D eigenvalue weighted by Gasteiger charge is -2.15. The fourth-order valence-corrected chi connectivity index (χ4v) is 2.00. The third-order valence-electron chi connectivity index (χ3n) is 2.35. The molecule has 1 nitrogen and oxygen atoms in total. The van der Waals surface area contributed by atoms with Crippen molar-refractivity contribution in [3.63, 3.8) is 0 Å². The van der Waals surface area contributed by atoms with Crippen LogP contribution in [0, 0.1) is 12.3 Å². The molecule has 1 aliphatic rings. The molecule has 0 fully saturated rings. The van der Waals surface area contributed by atoms with Crippen LogP contribution in [0.3, 0.4) is 0 Å². The van der Waals surface area contributed by atoms with Gasteiger partial charge < -0.3 is 4.90 Å². The summed E-state index contributed by atoms with van der Waals surface area (Å²) in [6, 6.07) is 5.97. The second-order valence-electron chi connectivity index (χ2n) is 3.11. The normalized spacial score (nSPS) is 14.0. The van der Waals surface area contributed by atoms with E-state index >= 15 is 0 Å². The minimum atomic E-state index is 0.674.